The van der Waals surface area contributed by atoms with Crippen LogP contribution < -0.4 is 0 Å². The molecular weight excluding hydrogens is 288 g/mol. The van der Waals surface area contributed by atoms with E-state index >= 15 is 0 Å². The third-order valence-electron chi connectivity index (χ3n) is 6.31. The van der Waals surface area contributed by atoms with Gasteiger partial charge in [-0.05, 0) is 61.7 Å². The lowest BCUT2D eigenvalue weighted by Gasteiger charge is -2.50. The van der Waals surface area contributed by atoms with Gasteiger partial charge >= 0.3 is 0 Å². The van der Waals surface area contributed by atoms with Crippen molar-refractivity contribution in [2.75, 3.05) is 0 Å². The van der Waals surface area contributed by atoms with Crippen LogP contribution in [0.1, 0.15) is 72.1 Å². The molecule has 3 heteroatoms. The normalized spacial score (nSPS) is 29.4. The average Bonchev–Trinajstić information content (AvgIpc) is 3.10. The van der Waals surface area contributed by atoms with Crippen LogP contribution in [0.3, 0.4) is 0 Å². The Morgan fingerprint density at radius 2 is 1.95 bits per heavy atom. The number of hydrogen-bond acceptors (Lipinski definition) is 2. The van der Waals surface area contributed by atoms with Crippen molar-refractivity contribution < 1.29 is 9.22 Å². The predicted molar refractivity (Wildman–Crippen MR) is 95.6 cm³/mol. The van der Waals surface area contributed by atoms with Crippen molar-refractivity contribution in [3.63, 3.8) is 0 Å². The minimum Gasteiger partial charge on any atom is -0.407 e. The summed E-state index contributed by atoms with van der Waals surface area (Å²) in [6, 6.07) is 3.59. The Morgan fingerprint density at radius 3 is 2.50 bits per heavy atom. The third kappa shape index (κ3) is 3.40. The molecular formula is C19H34O2Si. The molecule has 0 saturated heterocycles. The van der Waals surface area contributed by atoms with E-state index in [0.29, 0.717) is 12.3 Å². The molecule has 2 aliphatic carbocycles. The minimum atomic E-state index is -1.67. The van der Waals surface area contributed by atoms with Crippen LogP contribution >= 0.6 is 0 Å². The number of carbonyl (C=O) groups is 1. The summed E-state index contributed by atoms with van der Waals surface area (Å²) in [4.78, 5) is 11.3. The number of hydrogen-bond donors (Lipinski definition) is 0. The van der Waals surface area contributed by atoms with Crippen molar-refractivity contribution in [3.05, 3.63) is 11.6 Å². The fourth-order valence-corrected chi connectivity index (χ4v) is 7.78. The molecule has 0 aromatic carbocycles. The molecule has 0 aliphatic heterocycles. The highest BCUT2D eigenvalue weighted by molar-refractivity contribution is 6.73. The molecule has 0 heterocycles. The first kappa shape index (κ1) is 17.9. The van der Waals surface area contributed by atoms with Gasteiger partial charge in [-0.1, -0.05) is 39.7 Å². The van der Waals surface area contributed by atoms with Gasteiger partial charge in [-0.15, -0.1) is 0 Å². The molecule has 0 aromatic heterocycles. The molecule has 0 unspecified atom stereocenters. The van der Waals surface area contributed by atoms with Gasteiger partial charge in [0.05, 0.1) is 5.60 Å². The zero-order valence-corrected chi connectivity index (χ0v) is 15.8. The first-order valence-electron chi connectivity index (χ1n) is 9.49. The van der Waals surface area contributed by atoms with E-state index in [0.717, 1.165) is 19.1 Å². The van der Waals surface area contributed by atoms with Crippen molar-refractivity contribution in [2.45, 2.75) is 95.9 Å². The van der Waals surface area contributed by atoms with Gasteiger partial charge in [0, 0.05) is 6.42 Å². The van der Waals surface area contributed by atoms with E-state index in [4.69, 9.17) is 4.43 Å². The number of aldehydes is 1. The van der Waals surface area contributed by atoms with E-state index in [9.17, 15) is 4.79 Å². The molecule has 0 radical (unpaired) electrons. The van der Waals surface area contributed by atoms with Crippen LogP contribution in [0.5, 0.6) is 0 Å². The molecule has 0 bridgehead atoms. The molecule has 0 amide bonds. The maximum Gasteiger partial charge on any atom is 0.193 e. The summed E-state index contributed by atoms with van der Waals surface area (Å²) in [5, 5.41) is 0. The van der Waals surface area contributed by atoms with E-state index < -0.39 is 8.32 Å². The zero-order chi connectivity index (χ0) is 16.1. The maximum absolute atomic E-state index is 11.3. The summed E-state index contributed by atoms with van der Waals surface area (Å²) in [6.45, 7) is 6.94. The lowest BCUT2D eigenvalue weighted by molar-refractivity contribution is -0.111. The predicted octanol–water partition coefficient (Wildman–Crippen LogP) is 5.64. The van der Waals surface area contributed by atoms with Gasteiger partial charge < -0.3 is 9.22 Å². The first-order valence-corrected chi connectivity index (χ1v) is 12.0. The van der Waals surface area contributed by atoms with Crippen molar-refractivity contribution in [2.24, 2.45) is 5.92 Å². The maximum atomic E-state index is 11.3. The van der Waals surface area contributed by atoms with E-state index in [-0.39, 0.29) is 5.60 Å². The Kier molecular flexibility index (Phi) is 6.45. The van der Waals surface area contributed by atoms with Crippen molar-refractivity contribution in [1.82, 2.24) is 0 Å². The number of carbonyl (C=O) groups excluding carboxylic acids is 1. The number of allylic oxidation sites excluding steroid dienone is 1. The standard InChI is InChI=1S/C19H34O2Si/c1-4-22(5-2,6-3)21-19(17-11-7-8-12-17)15-10-9-13-18(19)14-16-20/h11,16,18H,4-10,12-15H2,1-3H3/t18-,19+/m1/s1. The van der Waals surface area contributed by atoms with Crippen molar-refractivity contribution >= 4 is 14.6 Å². The van der Waals surface area contributed by atoms with Crippen LogP contribution in [0.2, 0.25) is 18.1 Å². The van der Waals surface area contributed by atoms with Gasteiger partial charge in [0.25, 0.3) is 0 Å². The third-order valence-corrected chi connectivity index (χ3v) is 11.0. The topological polar surface area (TPSA) is 26.3 Å². The smallest absolute Gasteiger partial charge is 0.193 e. The second-order valence-corrected chi connectivity index (χ2v) is 11.9. The highest BCUT2D eigenvalue weighted by Gasteiger charge is 2.49. The van der Waals surface area contributed by atoms with Crippen molar-refractivity contribution in [3.8, 4) is 0 Å². The molecule has 0 aromatic rings. The Hall–Kier alpha value is -0.413. The molecule has 2 atom stereocenters. The lowest BCUT2D eigenvalue weighted by atomic mass is 9.70. The summed E-state index contributed by atoms with van der Waals surface area (Å²) in [6.07, 6.45) is 12.8. The second kappa shape index (κ2) is 7.92. The fraction of sp³-hybridized carbons (Fsp3) is 0.842. The summed E-state index contributed by atoms with van der Waals surface area (Å²) >= 11 is 0. The van der Waals surface area contributed by atoms with Gasteiger partial charge in [0.2, 0.25) is 0 Å². The summed E-state index contributed by atoms with van der Waals surface area (Å²) in [5.74, 6) is 0.416. The molecule has 1 fully saturated rings. The van der Waals surface area contributed by atoms with Crippen LogP contribution in [0.4, 0.5) is 0 Å². The van der Waals surface area contributed by atoms with E-state index in [1.54, 1.807) is 5.57 Å². The van der Waals surface area contributed by atoms with Crippen LogP contribution in [-0.2, 0) is 9.22 Å². The highest BCUT2D eigenvalue weighted by Crippen LogP contribution is 2.49. The van der Waals surface area contributed by atoms with Crippen LogP contribution in [0.15, 0.2) is 11.6 Å². The van der Waals surface area contributed by atoms with Crippen LogP contribution in [0.25, 0.3) is 0 Å². The molecule has 0 spiro atoms. The van der Waals surface area contributed by atoms with E-state index in [1.807, 2.05) is 0 Å². The summed E-state index contributed by atoms with van der Waals surface area (Å²) in [7, 11) is -1.67. The molecule has 22 heavy (non-hydrogen) atoms. The van der Waals surface area contributed by atoms with Gasteiger partial charge in [-0.25, -0.2) is 0 Å². The largest absolute Gasteiger partial charge is 0.407 e. The molecule has 2 aliphatic rings. The van der Waals surface area contributed by atoms with Crippen molar-refractivity contribution in [1.29, 1.82) is 0 Å². The molecule has 2 rings (SSSR count). The Bertz CT molecular complexity index is 392. The van der Waals surface area contributed by atoms with Gasteiger partial charge in [-0.2, -0.15) is 0 Å². The minimum absolute atomic E-state index is 0.0933. The quantitative estimate of drug-likeness (QED) is 0.328. The Morgan fingerprint density at radius 1 is 1.23 bits per heavy atom. The highest BCUT2D eigenvalue weighted by atomic mass is 28.4. The van der Waals surface area contributed by atoms with Gasteiger partial charge in [0.15, 0.2) is 8.32 Å². The average molecular weight is 323 g/mol. The lowest BCUT2D eigenvalue weighted by Crippen LogP contribution is -2.53. The molecule has 0 N–H and O–H groups in total. The van der Waals surface area contributed by atoms with Crippen LogP contribution in [0, 0.1) is 5.92 Å². The second-order valence-electron chi connectivity index (χ2n) is 7.20. The molecule has 2 nitrogen and oxygen atoms in total. The Labute approximate surface area is 137 Å². The number of rotatable bonds is 8. The van der Waals surface area contributed by atoms with Crippen LogP contribution in [-0.4, -0.2) is 20.2 Å². The van der Waals surface area contributed by atoms with E-state index in [1.165, 1.54) is 50.2 Å². The first-order chi connectivity index (χ1) is 10.7. The SMILES string of the molecule is CC[Si](CC)(CC)O[C@]1(C2=CCCC2)CCCC[C@@H]1CC=O. The van der Waals surface area contributed by atoms with Gasteiger partial charge in [0.1, 0.15) is 6.29 Å². The van der Waals surface area contributed by atoms with E-state index in [2.05, 4.69) is 26.8 Å². The Balaban J connectivity index is 2.37. The summed E-state index contributed by atoms with van der Waals surface area (Å²) in [5.41, 5.74) is 1.45. The molecule has 126 valence electrons. The molecule has 1 saturated carbocycles. The fourth-order valence-electron chi connectivity index (χ4n) is 4.67. The zero-order valence-electron chi connectivity index (χ0n) is 14.8. The van der Waals surface area contributed by atoms with Gasteiger partial charge in [-0.3, -0.25) is 0 Å². The summed E-state index contributed by atoms with van der Waals surface area (Å²) < 4.78 is 7.18. The monoisotopic (exact) mass is 322 g/mol.